The highest BCUT2D eigenvalue weighted by molar-refractivity contribution is 9.10. The van der Waals surface area contributed by atoms with E-state index < -0.39 is 5.97 Å². The van der Waals surface area contributed by atoms with Crippen LogP contribution in [0.25, 0.3) is 17.4 Å². The molecule has 1 N–H and O–H groups in total. The Labute approximate surface area is 174 Å². The molecule has 0 radical (unpaired) electrons. The molecular weight excluding hydrogens is 454 g/mol. The molecule has 26 heavy (non-hydrogen) atoms. The normalized spacial score (nSPS) is 15.9. The van der Waals surface area contributed by atoms with E-state index in [4.69, 9.17) is 34.0 Å². The molecule has 0 saturated carbocycles. The van der Waals surface area contributed by atoms with Crippen molar-refractivity contribution in [2.75, 3.05) is 6.54 Å². The Morgan fingerprint density at radius 3 is 2.65 bits per heavy atom. The Morgan fingerprint density at radius 2 is 1.96 bits per heavy atom. The van der Waals surface area contributed by atoms with Gasteiger partial charge in [0.1, 0.15) is 20.8 Å². The van der Waals surface area contributed by atoms with Crippen LogP contribution in [0, 0.1) is 0 Å². The van der Waals surface area contributed by atoms with E-state index in [0.717, 1.165) is 20.7 Å². The summed E-state index contributed by atoms with van der Waals surface area (Å²) in [6.07, 6.45) is 2.47. The summed E-state index contributed by atoms with van der Waals surface area (Å²) in [4.78, 5) is 13.9. The van der Waals surface area contributed by atoms with Crippen LogP contribution in [-0.4, -0.2) is 31.8 Å². The molecule has 2 heterocycles. The molecule has 1 aliphatic heterocycles. The van der Waals surface area contributed by atoms with E-state index >= 15 is 0 Å². The van der Waals surface area contributed by atoms with Gasteiger partial charge in [-0.1, -0.05) is 64.3 Å². The number of halogens is 1. The molecule has 8 heteroatoms. The molecule has 2 aromatic rings. The third-order valence-corrected chi connectivity index (χ3v) is 6.17. The molecule has 0 spiro atoms. The van der Waals surface area contributed by atoms with Crippen LogP contribution in [0.2, 0.25) is 0 Å². The first-order valence-corrected chi connectivity index (χ1v) is 10.2. The minimum atomic E-state index is -0.819. The molecule has 1 aromatic carbocycles. The van der Waals surface area contributed by atoms with Gasteiger partial charge in [0.25, 0.3) is 0 Å². The van der Waals surface area contributed by atoms with Gasteiger partial charge in [-0.3, -0.25) is 4.79 Å². The second kappa shape index (κ2) is 8.47. The summed E-state index contributed by atoms with van der Waals surface area (Å²) < 4.78 is 7.56. The molecule has 1 aliphatic rings. The number of carbonyl (C=O) groups is 1. The van der Waals surface area contributed by atoms with Crippen molar-refractivity contribution in [3.63, 3.8) is 0 Å². The zero-order chi connectivity index (χ0) is 18.7. The molecule has 0 unspecified atom stereocenters. The van der Waals surface area contributed by atoms with E-state index in [1.807, 2.05) is 47.4 Å². The molecule has 134 valence electrons. The van der Waals surface area contributed by atoms with E-state index in [1.54, 1.807) is 0 Å². The zero-order valence-corrected chi connectivity index (χ0v) is 17.5. The van der Waals surface area contributed by atoms with Gasteiger partial charge in [0, 0.05) is 23.0 Å². The molecule has 0 atom stereocenters. The Kier molecular flexibility index (Phi) is 6.29. The Bertz CT molecular complexity index is 889. The Hall–Kier alpha value is -1.48. The number of thioether (sulfide) groups is 1. The lowest BCUT2D eigenvalue weighted by molar-refractivity contribution is -0.137. The monoisotopic (exact) mass is 467 g/mol. The summed E-state index contributed by atoms with van der Waals surface area (Å²) in [6.45, 7) is 0.511. The molecular formula is C18H14BrNO3S3. The number of furan rings is 1. The number of thiocarbonyl (C=S) groups is 2. The molecule has 0 amide bonds. The highest BCUT2D eigenvalue weighted by Crippen LogP contribution is 2.34. The zero-order valence-electron chi connectivity index (χ0n) is 13.5. The van der Waals surface area contributed by atoms with Gasteiger partial charge in [-0.05, 0) is 36.8 Å². The summed E-state index contributed by atoms with van der Waals surface area (Å²) in [7, 11) is 0. The molecule has 0 bridgehead atoms. The summed E-state index contributed by atoms with van der Waals surface area (Å²) >= 11 is 15.7. The van der Waals surface area contributed by atoms with Crippen molar-refractivity contribution in [2.45, 2.75) is 12.8 Å². The van der Waals surface area contributed by atoms with Crippen molar-refractivity contribution in [1.82, 2.24) is 4.90 Å². The van der Waals surface area contributed by atoms with Crippen LogP contribution in [0.5, 0.6) is 0 Å². The third-order valence-electron chi connectivity index (χ3n) is 3.67. The third kappa shape index (κ3) is 4.62. The van der Waals surface area contributed by atoms with Crippen LogP contribution in [0.15, 0.2) is 50.2 Å². The fourth-order valence-electron chi connectivity index (χ4n) is 2.41. The molecule has 1 aromatic heterocycles. The number of hydrogen-bond donors (Lipinski definition) is 1. The number of aliphatic carboxylic acids is 1. The second-order valence-electron chi connectivity index (χ2n) is 5.54. The fraction of sp³-hybridized carbons (Fsp3) is 0.167. The predicted molar refractivity (Wildman–Crippen MR) is 116 cm³/mol. The lowest BCUT2D eigenvalue weighted by Crippen LogP contribution is -2.28. The van der Waals surface area contributed by atoms with E-state index in [0.29, 0.717) is 28.0 Å². The molecule has 3 rings (SSSR count). The van der Waals surface area contributed by atoms with Crippen molar-refractivity contribution in [2.24, 2.45) is 0 Å². The fourth-order valence-corrected chi connectivity index (χ4v) is 4.46. The van der Waals surface area contributed by atoms with Gasteiger partial charge in [0.05, 0.1) is 4.91 Å². The van der Waals surface area contributed by atoms with Crippen LogP contribution in [0.3, 0.4) is 0 Å². The largest absolute Gasteiger partial charge is 0.481 e. The number of carboxylic acid groups (broad SMARTS) is 1. The minimum Gasteiger partial charge on any atom is -0.481 e. The Balaban J connectivity index is 1.72. The lowest BCUT2D eigenvalue weighted by atomic mass is 10.2. The first kappa shape index (κ1) is 19.3. The van der Waals surface area contributed by atoms with Crippen molar-refractivity contribution in [3.8, 4) is 11.3 Å². The maximum absolute atomic E-state index is 10.7. The number of carboxylic acids is 1. The Morgan fingerprint density at radius 1 is 1.23 bits per heavy atom. The van der Waals surface area contributed by atoms with E-state index in [2.05, 4.69) is 15.9 Å². The number of hydrogen-bond acceptors (Lipinski definition) is 5. The average Bonchev–Trinajstić information content (AvgIpc) is 3.15. The van der Waals surface area contributed by atoms with E-state index in [-0.39, 0.29) is 6.42 Å². The molecule has 0 aliphatic carbocycles. The van der Waals surface area contributed by atoms with Crippen LogP contribution < -0.4 is 0 Å². The highest BCUT2D eigenvalue weighted by atomic mass is 79.9. The quantitative estimate of drug-likeness (QED) is 0.439. The van der Waals surface area contributed by atoms with Crippen molar-refractivity contribution < 1.29 is 14.3 Å². The van der Waals surface area contributed by atoms with Crippen LogP contribution >= 0.6 is 52.1 Å². The summed E-state index contributed by atoms with van der Waals surface area (Å²) in [5, 5.41) is 8.76. The highest BCUT2D eigenvalue weighted by Gasteiger charge is 2.28. The van der Waals surface area contributed by atoms with E-state index in [9.17, 15) is 4.79 Å². The smallest absolute Gasteiger partial charge is 0.303 e. The number of nitrogens with zero attached hydrogens (tertiary/aromatic N) is 1. The first-order valence-electron chi connectivity index (χ1n) is 7.77. The van der Waals surface area contributed by atoms with Crippen molar-refractivity contribution in [1.29, 1.82) is 0 Å². The summed E-state index contributed by atoms with van der Waals surface area (Å²) in [5.74, 6) is 0.655. The number of benzene rings is 1. The maximum Gasteiger partial charge on any atom is 0.303 e. The van der Waals surface area contributed by atoms with Gasteiger partial charge in [-0.25, -0.2) is 0 Å². The molecule has 1 saturated heterocycles. The SMILES string of the molecule is O=C(O)CCCN1C(=S)S/C(=C/c2ccc(-c3ccc(Br)cc3)o2)C1=S. The maximum atomic E-state index is 10.7. The predicted octanol–water partition coefficient (Wildman–Crippen LogP) is 5.58. The first-order chi connectivity index (χ1) is 12.4. The average molecular weight is 468 g/mol. The second-order valence-corrected chi connectivity index (χ2v) is 8.52. The van der Waals surface area contributed by atoms with Gasteiger partial charge < -0.3 is 14.4 Å². The topological polar surface area (TPSA) is 53.7 Å². The van der Waals surface area contributed by atoms with Gasteiger partial charge in [-0.15, -0.1) is 0 Å². The lowest BCUT2D eigenvalue weighted by Gasteiger charge is -2.15. The minimum absolute atomic E-state index is 0.0974. The van der Waals surface area contributed by atoms with Crippen molar-refractivity contribution in [3.05, 3.63) is 51.5 Å². The van der Waals surface area contributed by atoms with E-state index in [1.165, 1.54) is 11.8 Å². The van der Waals surface area contributed by atoms with Gasteiger partial charge in [0.15, 0.2) is 0 Å². The van der Waals surface area contributed by atoms with Gasteiger partial charge >= 0.3 is 5.97 Å². The molecule has 1 fully saturated rings. The van der Waals surface area contributed by atoms with Crippen LogP contribution in [0.4, 0.5) is 0 Å². The van der Waals surface area contributed by atoms with Crippen molar-refractivity contribution >= 4 is 73.5 Å². The standard InChI is InChI=1S/C18H14BrNO3S3/c19-12-5-3-11(4-6-12)14-8-7-13(23-14)10-15-17(24)20(18(25)26-15)9-1-2-16(21)22/h3-8,10H,1-2,9H2,(H,21,22)/b15-10+. The van der Waals surface area contributed by atoms with Gasteiger partial charge in [-0.2, -0.15) is 0 Å². The van der Waals surface area contributed by atoms with Crippen LogP contribution in [0.1, 0.15) is 18.6 Å². The summed E-state index contributed by atoms with van der Waals surface area (Å²) in [5.41, 5.74) is 0.991. The van der Waals surface area contributed by atoms with Gasteiger partial charge in [0.2, 0.25) is 0 Å². The summed E-state index contributed by atoms with van der Waals surface area (Å²) in [6, 6.07) is 11.7. The molecule has 4 nitrogen and oxygen atoms in total. The van der Waals surface area contributed by atoms with Crippen LogP contribution in [-0.2, 0) is 4.79 Å². The number of rotatable bonds is 6.